The van der Waals surface area contributed by atoms with Gasteiger partial charge in [-0.05, 0) is 83.9 Å². The zero-order valence-corrected chi connectivity index (χ0v) is 26.6. The average molecular weight is 676 g/mol. The number of halogens is 2. The van der Waals surface area contributed by atoms with Crippen LogP contribution in [0, 0.1) is 6.92 Å². The van der Waals surface area contributed by atoms with E-state index in [4.69, 9.17) is 21.1 Å². The molecule has 2 N–H and O–H groups in total. The number of nitrogens with one attached hydrogen (secondary N) is 2. The minimum atomic E-state index is -0.328. The van der Waals surface area contributed by atoms with Crippen molar-refractivity contribution in [1.29, 1.82) is 0 Å². The second-order valence-corrected chi connectivity index (χ2v) is 11.6. The molecule has 5 rings (SSSR count). The van der Waals surface area contributed by atoms with Crippen molar-refractivity contribution in [3.63, 3.8) is 0 Å². The lowest BCUT2D eigenvalue weighted by molar-refractivity contribution is 0.0955. The summed E-state index contributed by atoms with van der Waals surface area (Å²) in [6.07, 6.45) is 1.56. The van der Waals surface area contributed by atoms with Gasteiger partial charge in [0.2, 0.25) is 0 Å². The number of carbonyl (C=O) groups excluding carboxylic acids is 1. The van der Waals surface area contributed by atoms with Gasteiger partial charge in [-0.2, -0.15) is 5.10 Å². The molecule has 5 aromatic rings. The number of aryl methyl sites for hydroxylation is 1. The second-order valence-electron chi connectivity index (χ2n) is 9.47. The summed E-state index contributed by atoms with van der Waals surface area (Å²) in [5, 5.41) is 10.8. The van der Waals surface area contributed by atoms with Crippen molar-refractivity contribution in [2.45, 2.75) is 20.5 Å². The van der Waals surface area contributed by atoms with Crippen molar-refractivity contribution in [3.05, 3.63) is 122 Å². The summed E-state index contributed by atoms with van der Waals surface area (Å²) in [7, 11) is 0. The molecule has 0 atom stereocenters. The number of aromatic nitrogens is 1. The maximum Gasteiger partial charge on any atom is 0.271 e. The first kappa shape index (κ1) is 30.3. The predicted octanol–water partition coefficient (Wildman–Crippen LogP) is 9.02. The van der Waals surface area contributed by atoms with Crippen molar-refractivity contribution in [1.82, 2.24) is 10.4 Å². The Balaban J connectivity index is 1.19. The van der Waals surface area contributed by atoms with E-state index in [9.17, 15) is 4.79 Å². The first-order valence-corrected chi connectivity index (χ1v) is 15.5. The van der Waals surface area contributed by atoms with Crippen LogP contribution in [-0.4, -0.2) is 23.7 Å². The Morgan fingerprint density at radius 2 is 1.72 bits per heavy atom. The predicted molar refractivity (Wildman–Crippen MR) is 178 cm³/mol. The van der Waals surface area contributed by atoms with E-state index < -0.39 is 0 Å². The number of hydrogen-bond donors (Lipinski definition) is 2. The quantitative estimate of drug-likeness (QED) is 0.108. The highest BCUT2D eigenvalue weighted by Crippen LogP contribution is 2.34. The smallest absolute Gasteiger partial charge is 0.271 e. The zero-order valence-electron chi connectivity index (χ0n) is 23.4. The van der Waals surface area contributed by atoms with Crippen molar-refractivity contribution in [2.75, 3.05) is 11.9 Å². The molecule has 0 aliphatic carbocycles. The summed E-state index contributed by atoms with van der Waals surface area (Å²) < 4.78 is 12.6. The third kappa shape index (κ3) is 8.22. The molecule has 0 aliphatic rings. The van der Waals surface area contributed by atoms with Gasteiger partial charge in [0.15, 0.2) is 16.6 Å². The Hall–Kier alpha value is -4.18. The van der Waals surface area contributed by atoms with Gasteiger partial charge in [-0.3, -0.25) is 4.79 Å². The highest BCUT2D eigenvalue weighted by atomic mass is 79.9. The zero-order chi connectivity index (χ0) is 30.2. The molecule has 7 nitrogen and oxygen atoms in total. The van der Waals surface area contributed by atoms with Crippen molar-refractivity contribution in [2.24, 2.45) is 5.10 Å². The fourth-order valence-electron chi connectivity index (χ4n) is 4.01. The fourth-order valence-corrected chi connectivity index (χ4v) is 5.30. The average Bonchev–Trinajstić information content (AvgIpc) is 3.48. The topological polar surface area (TPSA) is 84.8 Å². The number of rotatable bonds is 11. The van der Waals surface area contributed by atoms with E-state index in [1.807, 2.05) is 73.0 Å². The summed E-state index contributed by atoms with van der Waals surface area (Å²) in [6.45, 7) is 4.86. The number of anilines is 2. The monoisotopic (exact) mass is 674 g/mol. The van der Waals surface area contributed by atoms with Gasteiger partial charge in [-0.15, -0.1) is 11.3 Å². The second kappa shape index (κ2) is 14.3. The van der Waals surface area contributed by atoms with E-state index in [1.54, 1.807) is 18.3 Å². The molecule has 0 saturated heterocycles. The number of amides is 1. The standard InChI is InChI=1S/C33H28BrClN4O3S/c1-3-41-30-16-25(28(34)17-31(30)42-19-22-6-4-21(2)5-7-22)18-36-39-32(40)24-10-8-23(9-11-24)29-20-43-33(38-29)37-27-14-12-26(35)13-15-27/h4-18,20H,3,19H2,1-2H3,(H,37,38)(H,39,40)/b36-18-. The maximum absolute atomic E-state index is 12.7. The van der Waals surface area contributed by atoms with Crippen LogP contribution >= 0.6 is 38.9 Å². The van der Waals surface area contributed by atoms with Gasteiger partial charge in [0, 0.05) is 37.3 Å². The SMILES string of the molecule is CCOc1cc(/C=N\NC(=O)c2ccc(-c3csc(Nc4ccc(Cl)cc4)n3)cc2)c(Br)cc1OCc1ccc(C)cc1. The van der Waals surface area contributed by atoms with Crippen LogP contribution in [0.15, 0.2) is 99.9 Å². The van der Waals surface area contributed by atoms with Crippen LogP contribution in [0.1, 0.15) is 34.0 Å². The molecule has 0 bridgehead atoms. The molecule has 4 aromatic carbocycles. The van der Waals surface area contributed by atoms with E-state index in [2.05, 4.69) is 55.8 Å². The van der Waals surface area contributed by atoms with Gasteiger partial charge >= 0.3 is 0 Å². The van der Waals surface area contributed by atoms with Crippen LogP contribution < -0.4 is 20.2 Å². The van der Waals surface area contributed by atoms with E-state index in [-0.39, 0.29) is 5.91 Å². The van der Waals surface area contributed by atoms with Gasteiger partial charge in [0.05, 0.1) is 18.5 Å². The Bertz CT molecular complexity index is 1720. The Morgan fingerprint density at radius 3 is 2.44 bits per heavy atom. The Kier molecular flexibility index (Phi) is 10.1. The molecule has 10 heteroatoms. The molecule has 0 spiro atoms. The Morgan fingerprint density at radius 1 is 1.00 bits per heavy atom. The molecule has 1 amide bonds. The maximum atomic E-state index is 12.7. The van der Waals surface area contributed by atoms with E-state index in [0.29, 0.717) is 35.3 Å². The molecule has 1 aromatic heterocycles. The fraction of sp³-hybridized carbons (Fsp3) is 0.121. The molecule has 0 unspecified atom stereocenters. The lowest BCUT2D eigenvalue weighted by Gasteiger charge is -2.14. The molecule has 0 radical (unpaired) electrons. The van der Waals surface area contributed by atoms with E-state index in [0.717, 1.165) is 37.7 Å². The highest BCUT2D eigenvalue weighted by molar-refractivity contribution is 9.10. The summed E-state index contributed by atoms with van der Waals surface area (Å²) >= 11 is 11.0. The number of carbonyl (C=O) groups is 1. The largest absolute Gasteiger partial charge is 0.490 e. The number of ether oxygens (including phenoxy) is 2. The number of nitrogens with zero attached hydrogens (tertiary/aromatic N) is 2. The summed E-state index contributed by atoms with van der Waals surface area (Å²) in [6, 6.07) is 26.5. The molecular formula is C33H28BrClN4O3S. The Labute approximate surface area is 267 Å². The van der Waals surface area contributed by atoms with E-state index >= 15 is 0 Å². The molecule has 0 saturated carbocycles. The molecular weight excluding hydrogens is 648 g/mol. The van der Waals surface area contributed by atoms with Gasteiger partial charge in [0.1, 0.15) is 6.61 Å². The van der Waals surface area contributed by atoms with Gasteiger partial charge in [-0.25, -0.2) is 10.4 Å². The minimum Gasteiger partial charge on any atom is -0.490 e. The third-order valence-corrected chi connectivity index (χ3v) is 7.99. The van der Waals surface area contributed by atoms with Crippen molar-refractivity contribution < 1.29 is 14.3 Å². The van der Waals surface area contributed by atoms with Gasteiger partial charge in [0.25, 0.3) is 5.91 Å². The lowest BCUT2D eigenvalue weighted by Crippen LogP contribution is -2.17. The molecule has 218 valence electrons. The summed E-state index contributed by atoms with van der Waals surface area (Å²) in [5.41, 5.74) is 8.67. The van der Waals surface area contributed by atoms with Gasteiger partial charge < -0.3 is 14.8 Å². The number of hydrogen-bond acceptors (Lipinski definition) is 7. The minimum absolute atomic E-state index is 0.328. The number of thiazole rings is 1. The van der Waals surface area contributed by atoms with Crippen LogP contribution in [0.3, 0.4) is 0 Å². The molecule has 0 aliphatic heterocycles. The third-order valence-electron chi connectivity index (χ3n) is 6.29. The van der Waals surface area contributed by atoms with Crippen LogP contribution in [0.25, 0.3) is 11.3 Å². The molecule has 1 heterocycles. The van der Waals surface area contributed by atoms with Crippen LogP contribution in [0.5, 0.6) is 11.5 Å². The first-order valence-electron chi connectivity index (χ1n) is 13.4. The summed E-state index contributed by atoms with van der Waals surface area (Å²) in [4.78, 5) is 17.4. The summed E-state index contributed by atoms with van der Waals surface area (Å²) in [5.74, 6) is 0.878. The van der Waals surface area contributed by atoms with Gasteiger partial charge in [-0.1, -0.05) is 53.6 Å². The first-order chi connectivity index (χ1) is 20.9. The highest BCUT2D eigenvalue weighted by Gasteiger charge is 2.12. The lowest BCUT2D eigenvalue weighted by atomic mass is 10.1. The van der Waals surface area contributed by atoms with Crippen LogP contribution in [0.4, 0.5) is 10.8 Å². The molecule has 43 heavy (non-hydrogen) atoms. The number of benzene rings is 4. The van der Waals surface area contributed by atoms with Crippen molar-refractivity contribution in [3.8, 4) is 22.8 Å². The van der Waals surface area contributed by atoms with Crippen LogP contribution in [-0.2, 0) is 6.61 Å². The molecule has 0 fully saturated rings. The normalized spacial score (nSPS) is 11.0. The van der Waals surface area contributed by atoms with Crippen molar-refractivity contribution >= 4 is 61.8 Å². The van der Waals surface area contributed by atoms with E-state index in [1.165, 1.54) is 16.9 Å². The van der Waals surface area contributed by atoms with Crippen LogP contribution in [0.2, 0.25) is 5.02 Å². The number of hydrazone groups is 1.